The summed E-state index contributed by atoms with van der Waals surface area (Å²) in [5.74, 6) is 2.31. The monoisotopic (exact) mass is 436 g/mol. The predicted octanol–water partition coefficient (Wildman–Crippen LogP) is 3.66. The Bertz CT molecular complexity index is 1080. The SMILES string of the molecule is COc1ccc(Nc2nc(Nc3ccc(OC)cc3)nc(Sc3nncn3C)n2)cc1. The summed E-state index contributed by atoms with van der Waals surface area (Å²) in [6.45, 7) is 0. The van der Waals surface area contributed by atoms with Crippen molar-refractivity contribution in [3.05, 3.63) is 54.9 Å². The van der Waals surface area contributed by atoms with Gasteiger partial charge in [0.2, 0.25) is 17.1 Å². The van der Waals surface area contributed by atoms with E-state index in [1.54, 1.807) is 25.1 Å². The van der Waals surface area contributed by atoms with Gasteiger partial charge in [0.05, 0.1) is 14.2 Å². The van der Waals surface area contributed by atoms with Crippen molar-refractivity contribution in [2.45, 2.75) is 10.3 Å². The molecule has 2 aromatic heterocycles. The molecule has 0 bridgehead atoms. The summed E-state index contributed by atoms with van der Waals surface area (Å²) in [5.41, 5.74) is 1.63. The van der Waals surface area contributed by atoms with Crippen molar-refractivity contribution in [2.24, 2.45) is 7.05 Å². The summed E-state index contributed by atoms with van der Waals surface area (Å²) in [4.78, 5) is 13.5. The predicted molar refractivity (Wildman–Crippen MR) is 118 cm³/mol. The number of nitrogens with one attached hydrogen (secondary N) is 2. The van der Waals surface area contributed by atoms with Gasteiger partial charge in [0.15, 0.2) is 5.16 Å². The van der Waals surface area contributed by atoms with Gasteiger partial charge in [-0.15, -0.1) is 10.2 Å². The van der Waals surface area contributed by atoms with E-state index in [4.69, 9.17) is 9.47 Å². The zero-order chi connectivity index (χ0) is 21.6. The minimum atomic E-state index is 0.390. The first kappa shape index (κ1) is 20.4. The molecule has 0 spiro atoms. The third kappa shape index (κ3) is 5.20. The molecular weight excluding hydrogens is 416 g/mol. The van der Waals surface area contributed by atoms with Crippen molar-refractivity contribution in [3.8, 4) is 11.5 Å². The fourth-order valence-corrected chi connectivity index (χ4v) is 3.27. The van der Waals surface area contributed by atoms with E-state index in [0.717, 1.165) is 22.9 Å². The molecule has 0 saturated heterocycles. The van der Waals surface area contributed by atoms with Gasteiger partial charge in [-0.05, 0) is 60.3 Å². The molecule has 0 aliphatic heterocycles. The molecule has 10 nitrogen and oxygen atoms in total. The van der Waals surface area contributed by atoms with Crippen molar-refractivity contribution in [1.82, 2.24) is 29.7 Å². The number of benzene rings is 2. The molecule has 0 atom stereocenters. The van der Waals surface area contributed by atoms with Crippen LogP contribution in [0.5, 0.6) is 11.5 Å². The maximum atomic E-state index is 5.20. The van der Waals surface area contributed by atoms with Gasteiger partial charge in [0.25, 0.3) is 0 Å². The zero-order valence-electron chi connectivity index (χ0n) is 17.1. The summed E-state index contributed by atoms with van der Waals surface area (Å²) in [6.07, 6.45) is 1.62. The third-order valence-corrected chi connectivity index (χ3v) is 5.08. The Labute approximate surface area is 183 Å². The lowest BCUT2D eigenvalue weighted by Crippen LogP contribution is -2.05. The molecule has 4 rings (SSSR count). The van der Waals surface area contributed by atoms with E-state index in [-0.39, 0.29) is 0 Å². The molecule has 0 saturated carbocycles. The minimum absolute atomic E-state index is 0.390. The van der Waals surface area contributed by atoms with Gasteiger partial charge in [-0.1, -0.05) is 0 Å². The molecule has 158 valence electrons. The van der Waals surface area contributed by atoms with Gasteiger partial charge in [0.1, 0.15) is 17.8 Å². The van der Waals surface area contributed by atoms with Gasteiger partial charge >= 0.3 is 0 Å². The second-order valence-corrected chi connectivity index (χ2v) is 7.23. The molecule has 4 aromatic rings. The Kier molecular flexibility index (Phi) is 6.13. The summed E-state index contributed by atoms with van der Waals surface area (Å²) in [7, 11) is 5.11. The topological polar surface area (TPSA) is 112 Å². The zero-order valence-corrected chi connectivity index (χ0v) is 17.9. The van der Waals surface area contributed by atoms with E-state index in [1.165, 1.54) is 11.8 Å². The minimum Gasteiger partial charge on any atom is -0.497 e. The van der Waals surface area contributed by atoms with E-state index in [1.807, 2.05) is 55.6 Å². The molecule has 2 N–H and O–H groups in total. The smallest absolute Gasteiger partial charge is 0.233 e. The Morgan fingerprint density at radius 1 is 0.774 bits per heavy atom. The van der Waals surface area contributed by atoms with E-state index >= 15 is 0 Å². The Hall–Kier alpha value is -3.86. The molecule has 0 fully saturated rings. The number of methoxy groups -OCH3 is 2. The molecule has 2 aromatic carbocycles. The van der Waals surface area contributed by atoms with Gasteiger partial charge in [-0.3, -0.25) is 0 Å². The molecule has 0 radical (unpaired) electrons. The number of ether oxygens (including phenoxy) is 2. The van der Waals surface area contributed by atoms with E-state index < -0.39 is 0 Å². The molecular formula is C20H20N8O2S. The summed E-state index contributed by atoms with van der Waals surface area (Å²) >= 11 is 1.29. The van der Waals surface area contributed by atoms with Crippen LogP contribution in [0.3, 0.4) is 0 Å². The second kappa shape index (κ2) is 9.30. The maximum absolute atomic E-state index is 5.20. The van der Waals surface area contributed by atoms with Crippen molar-refractivity contribution >= 4 is 35.0 Å². The van der Waals surface area contributed by atoms with Gasteiger partial charge < -0.3 is 24.7 Å². The lowest BCUT2D eigenvalue weighted by molar-refractivity contribution is 0.415. The number of aromatic nitrogens is 6. The van der Waals surface area contributed by atoms with Crippen LogP contribution < -0.4 is 20.1 Å². The van der Waals surface area contributed by atoms with Crippen LogP contribution in [0.2, 0.25) is 0 Å². The number of rotatable bonds is 8. The van der Waals surface area contributed by atoms with Crippen LogP contribution >= 0.6 is 11.8 Å². The molecule has 31 heavy (non-hydrogen) atoms. The van der Waals surface area contributed by atoms with Crippen LogP contribution in [0, 0.1) is 0 Å². The third-order valence-electron chi connectivity index (χ3n) is 4.16. The molecule has 0 aliphatic carbocycles. The fourth-order valence-electron chi connectivity index (χ4n) is 2.57. The lowest BCUT2D eigenvalue weighted by atomic mass is 10.3. The molecule has 0 aliphatic rings. The Balaban J connectivity index is 1.62. The van der Waals surface area contributed by atoms with Crippen molar-refractivity contribution in [2.75, 3.05) is 24.9 Å². The van der Waals surface area contributed by atoms with Crippen molar-refractivity contribution in [1.29, 1.82) is 0 Å². The lowest BCUT2D eigenvalue weighted by Gasteiger charge is -2.11. The molecule has 0 amide bonds. The highest BCUT2D eigenvalue weighted by Gasteiger charge is 2.12. The largest absolute Gasteiger partial charge is 0.497 e. The first-order valence-electron chi connectivity index (χ1n) is 9.23. The Morgan fingerprint density at radius 3 is 1.71 bits per heavy atom. The molecule has 11 heteroatoms. The first-order valence-corrected chi connectivity index (χ1v) is 10.0. The fraction of sp³-hybridized carbons (Fsp3) is 0.150. The first-order chi connectivity index (χ1) is 15.1. The summed E-state index contributed by atoms with van der Waals surface area (Å²) < 4.78 is 12.2. The van der Waals surface area contributed by atoms with Crippen molar-refractivity contribution < 1.29 is 9.47 Å². The average Bonchev–Trinajstić information content (AvgIpc) is 3.19. The number of anilines is 4. The number of hydrogen-bond acceptors (Lipinski definition) is 10. The van der Waals surface area contributed by atoms with Crippen LogP contribution in [0.4, 0.5) is 23.3 Å². The average molecular weight is 437 g/mol. The summed E-state index contributed by atoms with van der Waals surface area (Å²) in [6, 6.07) is 15.0. The molecule has 2 heterocycles. The number of hydrogen-bond donors (Lipinski definition) is 2. The van der Waals surface area contributed by atoms with E-state index in [9.17, 15) is 0 Å². The van der Waals surface area contributed by atoms with Gasteiger partial charge in [0, 0.05) is 18.4 Å². The van der Waals surface area contributed by atoms with Crippen LogP contribution in [0.15, 0.2) is 65.2 Å². The van der Waals surface area contributed by atoms with Gasteiger partial charge in [-0.25, -0.2) is 0 Å². The highest BCUT2D eigenvalue weighted by molar-refractivity contribution is 7.99. The highest BCUT2D eigenvalue weighted by atomic mass is 32.2. The number of aryl methyl sites for hydroxylation is 1. The van der Waals surface area contributed by atoms with Crippen LogP contribution in [-0.2, 0) is 7.05 Å². The van der Waals surface area contributed by atoms with E-state index in [2.05, 4.69) is 35.8 Å². The molecule has 0 unspecified atom stereocenters. The van der Waals surface area contributed by atoms with Gasteiger partial charge in [-0.2, -0.15) is 15.0 Å². The second-order valence-electron chi connectivity index (χ2n) is 6.30. The van der Waals surface area contributed by atoms with Crippen LogP contribution in [-0.4, -0.2) is 43.9 Å². The van der Waals surface area contributed by atoms with Crippen LogP contribution in [0.25, 0.3) is 0 Å². The normalized spacial score (nSPS) is 10.5. The van der Waals surface area contributed by atoms with Crippen LogP contribution in [0.1, 0.15) is 0 Å². The Morgan fingerprint density at radius 2 is 1.29 bits per heavy atom. The van der Waals surface area contributed by atoms with E-state index in [0.29, 0.717) is 22.2 Å². The number of nitrogens with zero attached hydrogens (tertiary/aromatic N) is 6. The standard InChI is InChI=1S/C20H20N8O2S/c1-28-12-21-27-20(28)31-19-25-17(22-13-4-8-15(29-2)9-5-13)24-18(26-19)23-14-6-10-16(30-3)11-7-14/h4-12H,1-3H3,(H2,22,23,24,25,26). The van der Waals surface area contributed by atoms with Crippen molar-refractivity contribution in [3.63, 3.8) is 0 Å². The summed E-state index contributed by atoms with van der Waals surface area (Å²) in [5, 5.41) is 15.5. The quantitative estimate of drug-likeness (QED) is 0.424. The highest BCUT2D eigenvalue weighted by Crippen LogP contribution is 2.26. The maximum Gasteiger partial charge on any atom is 0.233 e.